The van der Waals surface area contributed by atoms with Gasteiger partial charge in [-0.05, 0) is 13.0 Å². The summed E-state index contributed by atoms with van der Waals surface area (Å²) in [6.45, 7) is 8.73. The molecule has 3 heteroatoms. The van der Waals surface area contributed by atoms with Gasteiger partial charge in [0.25, 0.3) is 0 Å². The molecule has 0 bridgehead atoms. The van der Waals surface area contributed by atoms with Crippen molar-refractivity contribution in [3.05, 3.63) is 0 Å². The Balaban J connectivity index is 1.97. The quantitative estimate of drug-likeness (QED) is 0.603. The fraction of sp³-hybridized carbons (Fsp3) is 1.00. The van der Waals surface area contributed by atoms with Crippen molar-refractivity contribution in [1.82, 2.24) is 10.2 Å². The lowest BCUT2D eigenvalue weighted by Crippen LogP contribution is -2.60. The summed E-state index contributed by atoms with van der Waals surface area (Å²) < 4.78 is 5.44. The molecule has 2 aliphatic heterocycles. The first-order chi connectivity index (χ1) is 5.85. The number of rotatable bonds is 1. The van der Waals surface area contributed by atoms with Crippen LogP contribution >= 0.6 is 0 Å². The van der Waals surface area contributed by atoms with Gasteiger partial charge >= 0.3 is 0 Å². The van der Waals surface area contributed by atoms with Gasteiger partial charge < -0.3 is 15.0 Å². The third-order valence-corrected chi connectivity index (χ3v) is 3.00. The fourth-order valence-corrected chi connectivity index (χ4v) is 2.18. The minimum absolute atomic E-state index is 0.300. The van der Waals surface area contributed by atoms with Crippen LogP contribution in [0.4, 0.5) is 0 Å². The summed E-state index contributed by atoms with van der Waals surface area (Å²) in [6.07, 6.45) is 1.18. The maximum Gasteiger partial charge on any atom is 0.0661 e. The largest absolute Gasteiger partial charge is 0.379 e. The van der Waals surface area contributed by atoms with Crippen molar-refractivity contribution in [3.63, 3.8) is 0 Å². The molecule has 0 amide bonds. The minimum atomic E-state index is 0.300. The van der Waals surface area contributed by atoms with E-state index in [-0.39, 0.29) is 0 Å². The molecule has 0 radical (unpaired) electrons. The van der Waals surface area contributed by atoms with Crippen LogP contribution in [0, 0.1) is 0 Å². The number of hydrogen-bond acceptors (Lipinski definition) is 3. The Labute approximate surface area is 74.1 Å². The zero-order valence-corrected chi connectivity index (χ0v) is 7.81. The van der Waals surface area contributed by atoms with Crippen molar-refractivity contribution in [2.24, 2.45) is 0 Å². The number of piperazine rings is 1. The van der Waals surface area contributed by atoms with E-state index >= 15 is 0 Å². The topological polar surface area (TPSA) is 24.5 Å². The average Bonchev–Trinajstić information content (AvgIpc) is 2.53. The van der Waals surface area contributed by atoms with Crippen LogP contribution in [-0.4, -0.2) is 49.8 Å². The normalized spacial score (nSPS) is 37.8. The van der Waals surface area contributed by atoms with Crippen LogP contribution in [0.2, 0.25) is 0 Å². The summed E-state index contributed by atoms with van der Waals surface area (Å²) in [4.78, 5) is 2.51. The molecule has 70 valence electrons. The van der Waals surface area contributed by atoms with Gasteiger partial charge in [-0.3, -0.25) is 0 Å². The second-order valence-corrected chi connectivity index (χ2v) is 3.88. The lowest BCUT2D eigenvalue weighted by atomic mass is 9.96. The Kier molecular flexibility index (Phi) is 2.35. The van der Waals surface area contributed by atoms with Crippen LogP contribution < -0.4 is 5.32 Å². The molecule has 0 aromatic rings. The SMILES string of the molecule is CCN1CCN[C@]2(CCOC2)C1. The second-order valence-electron chi connectivity index (χ2n) is 3.88. The average molecular weight is 170 g/mol. The van der Waals surface area contributed by atoms with E-state index < -0.39 is 0 Å². The van der Waals surface area contributed by atoms with E-state index in [2.05, 4.69) is 17.1 Å². The Hall–Kier alpha value is -0.120. The summed E-state index contributed by atoms with van der Waals surface area (Å²) in [5.41, 5.74) is 0.300. The number of ether oxygens (including phenoxy) is 1. The third kappa shape index (κ3) is 1.49. The smallest absolute Gasteiger partial charge is 0.0661 e. The third-order valence-electron chi connectivity index (χ3n) is 3.00. The highest BCUT2D eigenvalue weighted by Crippen LogP contribution is 2.21. The van der Waals surface area contributed by atoms with Crippen LogP contribution in [0.5, 0.6) is 0 Å². The van der Waals surface area contributed by atoms with Crippen molar-refractivity contribution in [3.8, 4) is 0 Å². The monoisotopic (exact) mass is 170 g/mol. The summed E-state index contributed by atoms with van der Waals surface area (Å²) in [5, 5.41) is 3.59. The highest BCUT2D eigenvalue weighted by molar-refractivity contribution is 4.97. The molecule has 0 saturated carbocycles. The highest BCUT2D eigenvalue weighted by atomic mass is 16.5. The molecule has 2 aliphatic rings. The molecule has 0 aliphatic carbocycles. The van der Waals surface area contributed by atoms with Gasteiger partial charge in [0.1, 0.15) is 0 Å². The minimum Gasteiger partial charge on any atom is -0.379 e. The number of hydrogen-bond donors (Lipinski definition) is 1. The van der Waals surface area contributed by atoms with E-state index in [4.69, 9.17) is 4.74 Å². The molecule has 2 rings (SSSR count). The summed E-state index contributed by atoms with van der Waals surface area (Å²) in [5.74, 6) is 0. The molecule has 3 nitrogen and oxygen atoms in total. The van der Waals surface area contributed by atoms with Crippen molar-refractivity contribution in [2.45, 2.75) is 18.9 Å². The number of likely N-dealkylation sites (N-methyl/N-ethyl adjacent to an activating group) is 1. The molecule has 0 aromatic heterocycles. The van der Waals surface area contributed by atoms with Crippen LogP contribution in [0.1, 0.15) is 13.3 Å². The van der Waals surface area contributed by atoms with Crippen LogP contribution in [0.25, 0.3) is 0 Å². The molecule has 0 aromatic carbocycles. The van der Waals surface area contributed by atoms with Crippen molar-refractivity contribution < 1.29 is 4.74 Å². The predicted molar refractivity (Wildman–Crippen MR) is 48.3 cm³/mol. The fourth-order valence-electron chi connectivity index (χ4n) is 2.18. The van der Waals surface area contributed by atoms with Crippen LogP contribution in [0.15, 0.2) is 0 Å². The summed E-state index contributed by atoms with van der Waals surface area (Å²) in [6, 6.07) is 0. The first kappa shape index (κ1) is 8.48. The standard InChI is InChI=1S/C9H18N2O/c1-2-11-5-4-10-9(7-11)3-6-12-8-9/h10H,2-8H2,1H3/t9-/m1/s1. The van der Waals surface area contributed by atoms with E-state index in [1.165, 1.54) is 26.1 Å². The van der Waals surface area contributed by atoms with Crippen LogP contribution in [0.3, 0.4) is 0 Å². The lowest BCUT2D eigenvalue weighted by Gasteiger charge is -2.40. The van der Waals surface area contributed by atoms with E-state index in [9.17, 15) is 0 Å². The van der Waals surface area contributed by atoms with Gasteiger partial charge in [-0.15, -0.1) is 0 Å². The van der Waals surface area contributed by atoms with Gasteiger partial charge in [0, 0.05) is 26.2 Å². The van der Waals surface area contributed by atoms with E-state index in [0.29, 0.717) is 5.54 Å². The van der Waals surface area contributed by atoms with Crippen molar-refractivity contribution in [1.29, 1.82) is 0 Å². The molecule has 2 fully saturated rings. The molecule has 2 heterocycles. The summed E-state index contributed by atoms with van der Waals surface area (Å²) in [7, 11) is 0. The Bertz CT molecular complexity index is 155. The summed E-state index contributed by atoms with van der Waals surface area (Å²) >= 11 is 0. The Morgan fingerprint density at radius 1 is 1.58 bits per heavy atom. The van der Waals surface area contributed by atoms with Gasteiger partial charge in [0.15, 0.2) is 0 Å². The van der Waals surface area contributed by atoms with Gasteiger partial charge in [0.05, 0.1) is 12.1 Å². The highest BCUT2D eigenvalue weighted by Gasteiger charge is 2.37. The maximum atomic E-state index is 5.44. The second kappa shape index (κ2) is 3.32. The number of nitrogens with zero attached hydrogens (tertiary/aromatic N) is 1. The predicted octanol–water partition coefficient (Wildman–Crippen LogP) is 0.0706. The lowest BCUT2D eigenvalue weighted by molar-refractivity contribution is 0.108. The molecule has 0 unspecified atom stereocenters. The van der Waals surface area contributed by atoms with Crippen molar-refractivity contribution in [2.75, 3.05) is 39.4 Å². The zero-order chi connectivity index (χ0) is 8.44. The van der Waals surface area contributed by atoms with Gasteiger partial charge in [-0.25, -0.2) is 0 Å². The van der Waals surface area contributed by atoms with Gasteiger partial charge in [0.2, 0.25) is 0 Å². The molecule has 2 saturated heterocycles. The van der Waals surface area contributed by atoms with Crippen LogP contribution in [-0.2, 0) is 4.74 Å². The molecular weight excluding hydrogens is 152 g/mol. The number of nitrogens with one attached hydrogen (secondary N) is 1. The Morgan fingerprint density at radius 2 is 2.50 bits per heavy atom. The zero-order valence-electron chi connectivity index (χ0n) is 7.81. The van der Waals surface area contributed by atoms with E-state index in [1.807, 2.05) is 0 Å². The van der Waals surface area contributed by atoms with E-state index in [1.54, 1.807) is 0 Å². The van der Waals surface area contributed by atoms with Crippen molar-refractivity contribution >= 4 is 0 Å². The van der Waals surface area contributed by atoms with Gasteiger partial charge in [-0.1, -0.05) is 6.92 Å². The first-order valence-electron chi connectivity index (χ1n) is 4.90. The Morgan fingerprint density at radius 3 is 3.17 bits per heavy atom. The molecular formula is C9H18N2O. The molecule has 1 atom stereocenters. The molecule has 12 heavy (non-hydrogen) atoms. The molecule has 1 spiro atoms. The molecule has 1 N–H and O–H groups in total. The van der Waals surface area contributed by atoms with E-state index in [0.717, 1.165) is 19.8 Å². The maximum absolute atomic E-state index is 5.44. The van der Waals surface area contributed by atoms with Gasteiger partial charge in [-0.2, -0.15) is 0 Å². The first-order valence-corrected chi connectivity index (χ1v) is 4.90.